The third-order valence-corrected chi connectivity index (χ3v) is 10.0. The van der Waals surface area contributed by atoms with Crippen LogP contribution >= 0.6 is 63.7 Å². The molecular formula is C23H20Br4N2O5. The highest BCUT2D eigenvalue weighted by Crippen LogP contribution is 2.46. The highest BCUT2D eigenvalue weighted by molar-refractivity contribution is 9.15. The summed E-state index contributed by atoms with van der Waals surface area (Å²) in [6, 6.07) is 6.11. The molecule has 180 valence electrons. The van der Waals surface area contributed by atoms with E-state index in [1.165, 1.54) is 0 Å². The van der Waals surface area contributed by atoms with Gasteiger partial charge in [-0.2, -0.15) is 0 Å². The largest absolute Gasteiger partial charge is 0.454 e. The monoisotopic (exact) mass is 720 g/mol. The van der Waals surface area contributed by atoms with Crippen molar-refractivity contribution in [3.63, 3.8) is 0 Å². The minimum absolute atomic E-state index is 0.138. The molecule has 7 nitrogen and oxygen atoms in total. The standard InChI is InChI=1S/C23H20Br4N2O5/c1-4-11-5-7-12(8-6-11)28-13(30)9-34-23(33)20(10(2)3)29-21(31)14-15(22(29)32)17(25)19(27)18(26)16(14)24/h5-8,10,20H,4,9H2,1-3H3,(H,28,30)/t20-/m1/s1. The normalized spacial score (nSPS) is 13.8. The van der Waals surface area contributed by atoms with Crippen LogP contribution in [0.3, 0.4) is 0 Å². The Bertz CT molecular complexity index is 1130. The van der Waals surface area contributed by atoms with Crippen molar-refractivity contribution in [2.45, 2.75) is 33.2 Å². The molecule has 34 heavy (non-hydrogen) atoms. The van der Waals surface area contributed by atoms with Gasteiger partial charge in [0, 0.05) is 23.6 Å². The van der Waals surface area contributed by atoms with E-state index in [2.05, 4.69) is 69.0 Å². The molecule has 1 aliphatic heterocycles. The number of esters is 1. The first-order valence-electron chi connectivity index (χ1n) is 10.3. The predicted octanol–water partition coefficient (Wildman–Crippen LogP) is 6.10. The lowest BCUT2D eigenvalue weighted by Gasteiger charge is -2.27. The van der Waals surface area contributed by atoms with E-state index in [1.807, 2.05) is 19.1 Å². The van der Waals surface area contributed by atoms with Crippen molar-refractivity contribution >= 4 is 93.1 Å². The van der Waals surface area contributed by atoms with Crippen molar-refractivity contribution in [2.24, 2.45) is 5.92 Å². The van der Waals surface area contributed by atoms with Crippen LogP contribution in [0, 0.1) is 5.92 Å². The van der Waals surface area contributed by atoms with Crippen molar-refractivity contribution in [2.75, 3.05) is 11.9 Å². The van der Waals surface area contributed by atoms with Crippen LogP contribution in [0.2, 0.25) is 0 Å². The van der Waals surface area contributed by atoms with Gasteiger partial charge in [0.2, 0.25) is 0 Å². The fourth-order valence-corrected chi connectivity index (χ4v) is 5.99. The Balaban J connectivity index is 1.78. The fourth-order valence-electron chi connectivity index (χ4n) is 3.54. The Morgan fingerprint density at radius 1 is 0.912 bits per heavy atom. The summed E-state index contributed by atoms with van der Waals surface area (Å²) in [7, 11) is 0. The van der Waals surface area contributed by atoms with Gasteiger partial charge in [0.05, 0.1) is 11.1 Å². The molecule has 0 spiro atoms. The number of ether oxygens (including phenoxy) is 1. The lowest BCUT2D eigenvalue weighted by atomic mass is 10.0. The molecule has 0 unspecified atom stereocenters. The van der Waals surface area contributed by atoms with Crippen molar-refractivity contribution in [3.8, 4) is 0 Å². The van der Waals surface area contributed by atoms with E-state index in [0.29, 0.717) is 23.6 Å². The number of anilines is 1. The van der Waals surface area contributed by atoms with Gasteiger partial charge >= 0.3 is 5.97 Å². The number of hydrogen-bond acceptors (Lipinski definition) is 5. The number of nitrogens with zero attached hydrogens (tertiary/aromatic N) is 1. The molecule has 3 rings (SSSR count). The number of hydrogen-bond donors (Lipinski definition) is 1. The van der Waals surface area contributed by atoms with E-state index < -0.39 is 42.3 Å². The Morgan fingerprint density at radius 2 is 1.41 bits per heavy atom. The van der Waals surface area contributed by atoms with Gasteiger partial charge in [-0.1, -0.05) is 32.9 Å². The van der Waals surface area contributed by atoms with Crippen LogP contribution < -0.4 is 5.32 Å². The van der Waals surface area contributed by atoms with E-state index in [-0.39, 0.29) is 11.1 Å². The average Bonchev–Trinajstić information content (AvgIpc) is 3.05. The molecule has 3 amide bonds. The highest BCUT2D eigenvalue weighted by Gasteiger charge is 2.47. The summed E-state index contributed by atoms with van der Waals surface area (Å²) >= 11 is 13.5. The summed E-state index contributed by atoms with van der Waals surface area (Å²) in [5, 5.41) is 2.66. The highest BCUT2D eigenvalue weighted by atomic mass is 79.9. The predicted molar refractivity (Wildman–Crippen MR) is 142 cm³/mol. The third kappa shape index (κ3) is 5.17. The zero-order valence-corrected chi connectivity index (χ0v) is 24.7. The maximum atomic E-state index is 13.3. The van der Waals surface area contributed by atoms with Gasteiger partial charge in [-0.3, -0.25) is 19.3 Å². The Hall–Kier alpha value is -1.56. The SMILES string of the molecule is CCc1ccc(NC(=O)COC(=O)[C@@H](C(C)C)N2C(=O)c3c(Br)c(Br)c(Br)c(Br)c3C2=O)cc1. The second kappa shape index (κ2) is 11.0. The summed E-state index contributed by atoms with van der Waals surface area (Å²) in [6.07, 6.45) is 0.876. The van der Waals surface area contributed by atoms with Gasteiger partial charge in [0.25, 0.3) is 17.7 Å². The van der Waals surface area contributed by atoms with E-state index in [9.17, 15) is 19.2 Å². The number of aryl methyl sites for hydroxylation is 1. The van der Waals surface area contributed by atoms with E-state index in [4.69, 9.17) is 4.74 Å². The zero-order chi connectivity index (χ0) is 25.3. The molecule has 1 atom stereocenters. The minimum Gasteiger partial charge on any atom is -0.454 e. The smallest absolute Gasteiger partial charge is 0.330 e. The van der Waals surface area contributed by atoms with Gasteiger partial charge in [0.15, 0.2) is 6.61 Å². The van der Waals surface area contributed by atoms with Gasteiger partial charge < -0.3 is 10.1 Å². The van der Waals surface area contributed by atoms with Gasteiger partial charge in [-0.15, -0.1) is 0 Å². The summed E-state index contributed by atoms with van der Waals surface area (Å²) < 4.78 is 7.10. The number of amides is 3. The molecule has 11 heteroatoms. The van der Waals surface area contributed by atoms with Crippen molar-refractivity contribution < 1.29 is 23.9 Å². The molecule has 1 N–H and O–H groups in total. The van der Waals surface area contributed by atoms with Gasteiger partial charge in [-0.25, -0.2) is 4.79 Å². The zero-order valence-electron chi connectivity index (χ0n) is 18.4. The van der Waals surface area contributed by atoms with Crippen molar-refractivity contribution in [1.29, 1.82) is 0 Å². The van der Waals surface area contributed by atoms with Crippen LogP contribution in [0.15, 0.2) is 42.2 Å². The molecule has 2 aromatic rings. The quantitative estimate of drug-likeness (QED) is 0.161. The summed E-state index contributed by atoms with van der Waals surface area (Å²) in [6.45, 7) is 4.87. The second-order valence-corrected chi connectivity index (χ2v) is 11.1. The van der Waals surface area contributed by atoms with E-state index in [0.717, 1.165) is 16.9 Å². The number of rotatable bonds is 7. The minimum atomic E-state index is -1.21. The first-order valence-corrected chi connectivity index (χ1v) is 13.5. The molecule has 0 radical (unpaired) electrons. The molecule has 0 fully saturated rings. The number of carbonyl (C=O) groups is 4. The molecule has 0 saturated heterocycles. The number of fused-ring (bicyclic) bond motifs is 1. The topological polar surface area (TPSA) is 92.8 Å². The molecule has 1 aliphatic rings. The second-order valence-electron chi connectivity index (χ2n) is 7.88. The summed E-state index contributed by atoms with van der Waals surface area (Å²) in [5.41, 5.74) is 1.98. The Kier molecular flexibility index (Phi) is 8.75. The summed E-state index contributed by atoms with van der Waals surface area (Å²) in [5.74, 6) is -3.08. The van der Waals surface area contributed by atoms with Crippen LogP contribution in [0.1, 0.15) is 47.1 Å². The molecule has 1 heterocycles. The van der Waals surface area contributed by atoms with Gasteiger partial charge in [-0.05, 0) is 93.8 Å². The average molecular weight is 724 g/mol. The van der Waals surface area contributed by atoms with Crippen LogP contribution in [-0.4, -0.2) is 41.2 Å². The van der Waals surface area contributed by atoms with Crippen LogP contribution in [0.25, 0.3) is 0 Å². The summed E-state index contributed by atoms with van der Waals surface area (Å²) in [4.78, 5) is 52.7. The molecule has 0 bridgehead atoms. The van der Waals surface area contributed by atoms with Gasteiger partial charge in [0.1, 0.15) is 6.04 Å². The number of nitrogens with one attached hydrogen (secondary N) is 1. The lowest BCUT2D eigenvalue weighted by molar-refractivity contribution is -0.152. The Labute approximate surface area is 230 Å². The first kappa shape index (κ1) is 27.0. The molecule has 0 aromatic heterocycles. The van der Waals surface area contributed by atoms with E-state index in [1.54, 1.807) is 26.0 Å². The number of imide groups is 1. The first-order chi connectivity index (χ1) is 16.0. The van der Waals surface area contributed by atoms with Crippen molar-refractivity contribution in [1.82, 2.24) is 4.90 Å². The van der Waals surface area contributed by atoms with Crippen LogP contribution in [0.5, 0.6) is 0 Å². The number of carbonyl (C=O) groups excluding carboxylic acids is 4. The van der Waals surface area contributed by atoms with Crippen LogP contribution in [0.4, 0.5) is 5.69 Å². The van der Waals surface area contributed by atoms with E-state index >= 15 is 0 Å². The molecule has 0 aliphatic carbocycles. The maximum absolute atomic E-state index is 13.3. The third-order valence-electron chi connectivity index (χ3n) is 5.28. The number of halogens is 4. The maximum Gasteiger partial charge on any atom is 0.330 e. The molecule has 2 aromatic carbocycles. The Morgan fingerprint density at radius 3 is 1.85 bits per heavy atom. The van der Waals surface area contributed by atoms with Crippen molar-refractivity contribution in [3.05, 3.63) is 58.8 Å². The number of benzene rings is 2. The lowest BCUT2D eigenvalue weighted by Crippen LogP contribution is -2.49. The fraction of sp³-hybridized carbons (Fsp3) is 0.304. The van der Waals surface area contributed by atoms with Crippen LogP contribution in [-0.2, 0) is 20.7 Å². The molecule has 0 saturated carbocycles. The molecular weight excluding hydrogens is 704 g/mol.